The summed E-state index contributed by atoms with van der Waals surface area (Å²) in [6.07, 6.45) is 8.41. The molecule has 0 aliphatic carbocycles. The summed E-state index contributed by atoms with van der Waals surface area (Å²) in [7, 11) is 0. The fraction of sp³-hybridized carbons (Fsp3) is 0.306. The maximum atomic E-state index is 14.8. The number of aliphatic hydroxyl groups excluding tert-OH is 1. The van der Waals surface area contributed by atoms with Gasteiger partial charge in [0.15, 0.2) is 0 Å². The van der Waals surface area contributed by atoms with Crippen LogP contribution in [0.2, 0.25) is 5.02 Å². The summed E-state index contributed by atoms with van der Waals surface area (Å²) in [4.78, 5) is 49.2. The van der Waals surface area contributed by atoms with Crippen LogP contribution in [0.25, 0.3) is 0 Å². The molecule has 0 bridgehead atoms. The maximum Gasteiger partial charge on any atom is 0.251 e. The van der Waals surface area contributed by atoms with E-state index in [-0.39, 0.29) is 29.6 Å². The lowest BCUT2D eigenvalue weighted by atomic mass is 9.78. The van der Waals surface area contributed by atoms with E-state index in [1.54, 1.807) is 45.8 Å². The van der Waals surface area contributed by atoms with Gasteiger partial charge >= 0.3 is 0 Å². The highest BCUT2D eigenvalue weighted by molar-refractivity contribution is 8.02. The van der Waals surface area contributed by atoms with Crippen LogP contribution in [0.5, 0.6) is 0 Å². The lowest BCUT2D eigenvalue weighted by Gasteiger charge is -2.38. The first-order valence-electron chi connectivity index (χ1n) is 15.3. The third-order valence-corrected chi connectivity index (χ3v) is 11.4. The average Bonchev–Trinajstić information content (AvgIpc) is 3.38. The van der Waals surface area contributed by atoms with E-state index in [1.807, 2.05) is 89.9 Å². The van der Waals surface area contributed by atoms with E-state index in [1.165, 1.54) is 0 Å². The van der Waals surface area contributed by atoms with E-state index in [9.17, 15) is 19.5 Å². The molecule has 7 rings (SSSR count). The summed E-state index contributed by atoms with van der Waals surface area (Å²) in [6.45, 7) is 0.889. The van der Waals surface area contributed by atoms with Crippen LogP contribution in [0.1, 0.15) is 11.1 Å². The predicted octanol–water partition coefficient (Wildman–Crippen LogP) is 4.74. The van der Waals surface area contributed by atoms with Gasteiger partial charge in [0, 0.05) is 35.6 Å². The van der Waals surface area contributed by atoms with Gasteiger partial charge in [-0.1, -0.05) is 96.6 Å². The standard InChI is InChI=1S/C36H34ClN3O4S/c37-26-14-16-27(17-15-26)39-20-8-18-36-31(30-29(45-36)13-7-19-38(33(30)42)22-25-11-5-2-6-12-25)34(43)40(32(36)35(39)44)28(23-41)21-24-9-3-1-4-10-24/h1-18,28-32,41H,19-23H2/t28-,29+,30-,31+,32?,36+/m1/s1. The number of likely N-dealkylation sites (tertiary alicyclic amines) is 1. The minimum absolute atomic E-state index is 0.0829. The molecular formula is C36H34ClN3O4S. The predicted molar refractivity (Wildman–Crippen MR) is 177 cm³/mol. The van der Waals surface area contributed by atoms with Crippen LogP contribution in [-0.4, -0.2) is 74.4 Å². The summed E-state index contributed by atoms with van der Waals surface area (Å²) in [5.74, 6) is -1.98. The highest BCUT2D eigenvalue weighted by Crippen LogP contribution is 2.61. The first kappa shape index (κ1) is 29.8. The SMILES string of the molecule is O=C1[C@@H]2[C@H](C=CCN1Cc1ccccc1)S[C@]13C=CCN(c4ccc(Cl)cc4)C(=O)C1N([C@@H](CO)Cc1ccccc1)C(=O)[C@H]23. The topological polar surface area (TPSA) is 81.2 Å². The van der Waals surface area contributed by atoms with Crippen molar-refractivity contribution in [1.29, 1.82) is 0 Å². The number of carbonyl (C=O) groups is 3. The molecule has 3 aromatic carbocycles. The fourth-order valence-electron chi connectivity index (χ4n) is 7.46. The lowest BCUT2D eigenvalue weighted by molar-refractivity contribution is -0.144. The van der Waals surface area contributed by atoms with E-state index in [0.29, 0.717) is 36.8 Å². The third kappa shape index (κ3) is 5.19. The molecule has 230 valence electrons. The van der Waals surface area contributed by atoms with Gasteiger partial charge in [-0.3, -0.25) is 14.4 Å². The van der Waals surface area contributed by atoms with E-state index >= 15 is 0 Å². The summed E-state index contributed by atoms with van der Waals surface area (Å²) in [6, 6.07) is 25.1. The number of carbonyl (C=O) groups excluding carboxylic acids is 3. The van der Waals surface area contributed by atoms with E-state index in [4.69, 9.17) is 11.6 Å². The number of nitrogens with zero attached hydrogens (tertiary/aromatic N) is 3. The molecule has 0 radical (unpaired) electrons. The van der Waals surface area contributed by atoms with Crippen molar-refractivity contribution in [3.05, 3.63) is 125 Å². The third-order valence-electron chi connectivity index (χ3n) is 9.45. The van der Waals surface area contributed by atoms with Gasteiger partial charge < -0.3 is 19.8 Å². The van der Waals surface area contributed by atoms with E-state index in [0.717, 1.165) is 11.1 Å². The van der Waals surface area contributed by atoms with Crippen LogP contribution in [0.15, 0.2) is 109 Å². The Balaban J connectivity index is 1.31. The van der Waals surface area contributed by atoms with E-state index in [2.05, 4.69) is 0 Å². The van der Waals surface area contributed by atoms with Gasteiger partial charge in [-0.15, -0.1) is 11.8 Å². The van der Waals surface area contributed by atoms with E-state index < -0.39 is 28.7 Å². The molecular weight excluding hydrogens is 606 g/mol. The highest BCUT2D eigenvalue weighted by Gasteiger charge is 2.71. The molecule has 4 aliphatic rings. The molecule has 4 heterocycles. The zero-order valence-electron chi connectivity index (χ0n) is 24.6. The fourth-order valence-corrected chi connectivity index (χ4v) is 9.58. The van der Waals surface area contributed by atoms with Crippen molar-refractivity contribution in [2.24, 2.45) is 11.8 Å². The number of fused-ring (bicyclic) bond motifs is 2. The molecule has 0 saturated carbocycles. The summed E-state index contributed by atoms with van der Waals surface area (Å²) < 4.78 is -0.982. The lowest BCUT2D eigenvalue weighted by Crippen LogP contribution is -2.57. The zero-order chi connectivity index (χ0) is 31.1. The van der Waals surface area contributed by atoms with Crippen LogP contribution in [0.3, 0.4) is 0 Å². The smallest absolute Gasteiger partial charge is 0.251 e. The summed E-state index contributed by atoms with van der Waals surface area (Å²) >= 11 is 7.72. The van der Waals surface area contributed by atoms with Gasteiger partial charge in [0.25, 0.3) is 5.91 Å². The molecule has 1 N–H and O–H groups in total. The number of rotatable bonds is 7. The molecule has 3 amide bonds. The Kier molecular flexibility index (Phi) is 8.06. The van der Waals surface area contributed by atoms with Gasteiger partial charge in [-0.05, 0) is 41.8 Å². The number of thioether (sulfide) groups is 1. The molecule has 7 nitrogen and oxygen atoms in total. The van der Waals surface area contributed by atoms with Crippen molar-refractivity contribution in [1.82, 2.24) is 9.80 Å². The number of aliphatic hydroxyl groups is 1. The number of hydrogen-bond donors (Lipinski definition) is 1. The van der Waals surface area contributed by atoms with Gasteiger partial charge in [-0.2, -0.15) is 0 Å². The Bertz CT molecular complexity index is 1650. The number of benzene rings is 3. The first-order valence-corrected chi connectivity index (χ1v) is 16.6. The Hall–Kier alpha value is -3.85. The minimum atomic E-state index is -0.982. The van der Waals surface area contributed by atoms with Crippen molar-refractivity contribution in [2.45, 2.75) is 35.0 Å². The molecule has 2 saturated heterocycles. The van der Waals surface area contributed by atoms with Crippen LogP contribution in [0, 0.1) is 11.8 Å². The van der Waals surface area contributed by atoms with Gasteiger partial charge in [0.05, 0.1) is 29.2 Å². The molecule has 2 fully saturated rings. The second-order valence-electron chi connectivity index (χ2n) is 12.1. The van der Waals surface area contributed by atoms with Crippen LogP contribution in [0.4, 0.5) is 5.69 Å². The average molecular weight is 640 g/mol. The Morgan fingerprint density at radius 2 is 1.53 bits per heavy atom. The largest absolute Gasteiger partial charge is 0.394 e. The second-order valence-corrected chi connectivity index (χ2v) is 14.0. The minimum Gasteiger partial charge on any atom is -0.394 e. The van der Waals surface area contributed by atoms with Crippen molar-refractivity contribution < 1.29 is 19.5 Å². The summed E-state index contributed by atoms with van der Waals surface area (Å²) in [5.41, 5.74) is 2.64. The van der Waals surface area contributed by atoms with Gasteiger partial charge in [0.2, 0.25) is 11.8 Å². The Labute approximate surface area is 272 Å². The Morgan fingerprint density at radius 1 is 0.844 bits per heavy atom. The molecule has 9 heteroatoms. The highest BCUT2D eigenvalue weighted by atomic mass is 35.5. The zero-order valence-corrected chi connectivity index (χ0v) is 26.2. The Morgan fingerprint density at radius 3 is 2.22 bits per heavy atom. The van der Waals surface area contributed by atoms with Crippen LogP contribution in [-0.2, 0) is 27.3 Å². The molecule has 0 aromatic heterocycles. The normalized spacial score (nSPS) is 28.0. The van der Waals surface area contributed by atoms with Crippen LogP contribution < -0.4 is 4.90 Å². The molecule has 4 aliphatic heterocycles. The van der Waals surface area contributed by atoms with Gasteiger partial charge in [-0.25, -0.2) is 0 Å². The van der Waals surface area contributed by atoms with Crippen molar-refractivity contribution in [3.8, 4) is 0 Å². The molecule has 45 heavy (non-hydrogen) atoms. The number of hydrogen-bond acceptors (Lipinski definition) is 5. The van der Waals surface area contributed by atoms with Crippen molar-refractivity contribution in [3.63, 3.8) is 0 Å². The number of amides is 3. The monoisotopic (exact) mass is 639 g/mol. The molecule has 1 unspecified atom stereocenters. The maximum absolute atomic E-state index is 14.8. The molecule has 6 atom stereocenters. The van der Waals surface area contributed by atoms with Crippen LogP contribution >= 0.6 is 23.4 Å². The molecule has 3 aromatic rings. The quantitative estimate of drug-likeness (QED) is 0.378. The van der Waals surface area contributed by atoms with Crippen molar-refractivity contribution >= 4 is 46.8 Å². The summed E-state index contributed by atoms with van der Waals surface area (Å²) in [5, 5.41) is 11.1. The number of anilines is 1. The van der Waals surface area contributed by atoms with Gasteiger partial charge in [0.1, 0.15) is 6.04 Å². The molecule has 1 spiro atoms. The second kappa shape index (κ2) is 12.2. The van der Waals surface area contributed by atoms with Crippen molar-refractivity contribution in [2.75, 3.05) is 24.6 Å². The first-order chi connectivity index (χ1) is 21.9. The number of halogens is 1.